The van der Waals surface area contributed by atoms with E-state index in [0.29, 0.717) is 19.8 Å². The molecule has 3 saturated heterocycles. The maximum absolute atomic E-state index is 12.9. The smallest absolute Gasteiger partial charge is 0.339 e. The second-order valence-corrected chi connectivity index (χ2v) is 5.86. The molecule has 8 nitrogen and oxygen atoms in total. The van der Waals surface area contributed by atoms with Crippen LogP contribution in [0.1, 0.15) is 10.4 Å². The molecule has 0 saturated carbocycles. The molecule has 0 aliphatic carbocycles. The number of methoxy groups -OCH3 is 1. The van der Waals surface area contributed by atoms with Crippen LogP contribution in [-0.4, -0.2) is 61.9 Å². The quantitative estimate of drug-likeness (QED) is 0.556. The zero-order valence-electron chi connectivity index (χ0n) is 13.0. The summed E-state index contributed by atoms with van der Waals surface area (Å²) in [5.41, 5.74) is 0.388. The van der Waals surface area contributed by atoms with Crippen LogP contribution in [0.3, 0.4) is 0 Å². The predicted octanol–water partition coefficient (Wildman–Crippen LogP) is -0.0228. The van der Waals surface area contributed by atoms with Gasteiger partial charge in [-0.3, -0.25) is 14.4 Å². The van der Waals surface area contributed by atoms with Gasteiger partial charge in [0.15, 0.2) is 6.10 Å². The zero-order valence-corrected chi connectivity index (χ0v) is 13.0. The number of nitrogens with zero attached hydrogens (tertiary/aromatic N) is 2. The number of morpholine rings is 1. The lowest BCUT2D eigenvalue weighted by Gasteiger charge is -2.30. The van der Waals surface area contributed by atoms with Gasteiger partial charge in [-0.25, -0.2) is 9.69 Å². The van der Waals surface area contributed by atoms with E-state index in [4.69, 9.17) is 14.3 Å². The van der Waals surface area contributed by atoms with Gasteiger partial charge >= 0.3 is 5.97 Å². The first-order valence-corrected chi connectivity index (χ1v) is 7.70. The number of rotatable bonds is 2. The van der Waals surface area contributed by atoms with Gasteiger partial charge in [-0.1, -0.05) is 12.1 Å². The van der Waals surface area contributed by atoms with Crippen LogP contribution in [0.2, 0.25) is 0 Å². The predicted molar refractivity (Wildman–Crippen MR) is 80.0 cm³/mol. The van der Waals surface area contributed by atoms with Gasteiger partial charge in [0, 0.05) is 6.54 Å². The largest absolute Gasteiger partial charge is 0.465 e. The first-order chi connectivity index (χ1) is 11.6. The van der Waals surface area contributed by atoms with Crippen LogP contribution in [0.5, 0.6) is 0 Å². The molecule has 0 N–H and O–H groups in total. The van der Waals surface area contributed by atoms with Crippen molar-refractivity contribution in [2.45, 2.75) is 12.1 Å². The molecule has 1 aromatic rings. The highest BCUT2D eigenvalue weighted by Gasteiger charge is 2.60. The number of carbonyl (C=O) groups excluding carboxylic acids is 3. The Labute approximate surface area is 137 Å². The molecule has 0 unspecified atom stereocenters. The molecular formula is C16H16N2O6. The van der Waals surface area contributed by atoms with Gasteiger partial charge in [0.25, 0.3) is 5.91 Å². The van der Waals surface area contributed by atoms with E-state index in [1.54, 1.807) is 23.3 Å². The fourth-order valence-electron chi connectivity index (χ4n) is 3.50. The van der Waals surface area contributed by atoms with E-state index in [2.05, 4.69) is 0 Å². The Morgan fingerprint density at radius 3 is 2.83 bits per heavy atom. The lowest BCUT2D eigenvalue weighted by molar-refractivity contribution is -0.197. The van der Waals surface area contributed by atoms with Gasteiger partial charge in [0.1, 0.15) is 0 Å². The van der Waals surface area contributed by atoms with E-state index in [9.17, 15) is 14.4 Å². The minimum Gasteiger partial charge on any atom is -0.465 e. The number of benzene rings is 1. The van der Waals surface area contributed by atoms with Crippen molar-refractivity contribution in [2.24, 2.45) is 5.92 Å². The van der Waals surface area contributed by atoms with Crippen molar-refractivity contribution in [1.82, 2.24) is 5.06 Å². The molecule has 3 fully saturated rings. The Kier molecular flexibility index (Phi) is 3.60. The normalized spacial score (nSPS) is 29.5. The minimum atomic E-state index is -0.866. The van der Waals surface area contributed by atoms with Crippen LogP contribution >= 0.6 is 0 Å². The number of hydroxylamine groups is 2. The summed E-state index contributed by atoms with van der Waals surface area (Å²) in [6.07, 6.45) is -0.866. The van der Waals surface area contributed by atoms with E-state index >= 15 is 0 Å². The Bertz CT molecular complexity index is 720. The summed E-state index contributed by atoms with van der Waals surface area (Å²) >= 11 is 0. The second kappa shape index (κ2) is 5.66. The number of para-hydroxylation sites is 1. The number of anilines is 1. The van der Waals surface area contributed by atoms with Crippen LogP contribution in [-0.2, 0) is 23.9 Å². The van der Waals surface area contributed by atoms with Gasteiger partial charge in [-0.05, 0) is 12.1 Å². The molecule has 0 bridgehead atoms. The number of fused-ring (bicyclic) bond motifs is 3. The molecule has 3 heterocycles. The number of carbonyl (C=O) groups is 3. The molecule has 24 heavy (non-hydrogen) atoms. The third-order valence-corrected chi connectivity index (χ3v) is 4.62. The lowest BCUT2D eigenvalue weighted by atomic mass is 9.97. The summed E-state index contributed by atoms with van der Waals surface area (Å²) in [5, 5.41) is 1.66. The number of imide groups is 1. The highest BCUT2D eigenvalue weighted by molar-refractivity contribution is 6.25. The highest BCUT2D eigenvalue weighted by atomic mass is 16.7. The number of hydrogen-bond acceptors (Lipinski definition) is 7. The molecule has 1 aromatic carbocycles. The summed E-state index contributed by atoms with van der Waals surface area (Å²) in [4.78, 5) is 44.3. The van der Waals surface area contributed by atoms with E-state index in [1.807, 2.05) is 0 Å². The zero-order chi connectivity index (χ0) is 16.8. The minimum absolute atomic E-state index is 0.165. The van der Waals surface area contributed by atoms with E-state index in [0.717, 1.165) is 4.90 Å². The van der Waals surface area contributed by atoms with Crippen molar-refractivity contribution in [3.8, 4) is 0 Å². The van der Waals surface area contributed by atoms with Crippen molar-refractivity contribution >= 4 is 23.5 Å². The Morgan fingerprint density at radius 2 is 2.04 bits per heavy atom. The van der Waals surface area contributed by atoms with Crippen LogP contribution in [0, 0.1) is 5.92 Å². The average molecular weight is 332 g/mol. The number of esters is 1. The van der Waals surface area contributed by atoms with Crippen molar-refractivity contribution in [3.63, 3.8) is 0 Å². The summed E-state index contributed by atoms with van der Waals surface area (Å²) in [6.45, 7) is 1.37. The molecule has 3 aliphatic rings. The van der Waals surface area contributed by atoms with Crippen molar-refractivity contribution in [2.75, 3.05) is 31.8 Å². The third-order valence-electron chi connectivity index (χ3n) is 4.62. The monoisotopic (exact) mass is 332 g/mol. The van der Waals surface area contributed by atoms with Gasteiger partial charge in [-0.15, -0.1) is 0 Å². The first-order valence-electron chi connectivity index (χ1n) is 7.70. The number of amides is 2. The van der Waals surface area contributed by atoms with Crippen LogP contribution < -0.4 is 4.90 Å². The molecule has 126 valence electrons. The summed E-state index contributed by atoms with van der Waals surface area (Å²) in [7, 11) is 1.25. The van der Waals surface area contributed by atoms with E-state index in [1.165, 1.54) is 13.2 Å². The molecule has 8 heteroatoms. The van der Waals surface area contributed by atoms with Crippen LogP contribution in [0.15, 0.2) is 24.3 Å². The maximum atomic E-state index is 12.9. The fraction of sp³-hybridized carbons (Fsp3) is 0.438. The molecule has 0 aromatic heterocycles. The van der Waals surface area contributed by atoms with Gasteiger partial charge in [0.2, 0.25) is 5.91 Å². The lowest BCUT2D eigenvalue weighted by Crippen LogP contribution is -2.47. The summed E-state index contributed by atoms with van der Waals surface area (Å²) in [6, 6.07) is 6.10. The molecule has 4 rings (SSSR count). The molecule has 2 amide bonds. The second-order valence-electron chi connectivity index (χ2n) is 5.86. The summed E-state index contributed by atoms with van der Waals surface area (Å²) < 4.78 is 10.2. The van der Waals surface area contributed by atoms with Crippen molar-refractivity contribution in [1.29, 1.82) is 0 Å². The average Bonchev–Trinajstić information content (AvgIpc) is 3.11. The van der Waals surface area contributed by atoms with E-state index < -0.39 is 23.9 Å². The molecule has 3 aliphatic heterocycles. The molecular weight excluding hydrogens is 316 g/mol. The standard InChI is InChI=1S/C16H16N2O6/c1-22-16(21)9-4-2-3-5-10(9)18-14(19)12-11-8-23-7-6-17(11)24-13(12)15(18)20/h2-5,11-13H,6-8H2,1H3/t11-,12+,13+/m0/s1. The number of ether oxygens (including phenoxy) is 2. The Hall–Kier alpha value is -2.29. The Morgan fingerprint density at radius 1 is 1.25 bits per heavy atom. The van der Waals surface area contributed by atoms with Crippen molar-refractivity contribution in [3.05, 3.63) is 29.8 Å². The number of hydrogen-bond donors (Lipinski definition) is 0. The van der Waals surface area contributed by atoms with Gasteiger partial charge in [-0.2, -0.15) is 5.06 Å². The van der Waals surface area contributed by atoms with Crippen molar-refractivity contribution < 1.29 is 28.7 Å². The first kappa shape index (κ1) is 15.3. The topological polar surface area (TPSA) is 85.4 Å². The molecule has 0 spiro atoms. The molecule has 3 atom stereocenters. The fourth-order valence-corrected chi connectivity index (χ4v) is 3.50. The van der Waals surface area contributed by atoms with Crippen LogP contribution in [0.4, 0.5) is 5.69 Å². The Balaban J connectivity index is 1.71. The third kappa shape index (κ3) is 2.07. The van der Waals surface area contributed by atoms with E-state index in [-0.39, 0.29) is 23.2 Å². The summed E-state index contributed by atoms with van der Waals surface area (Å²) in [5.74, 6) is -2.06. The maximum Gasteiger partial charge on any atom is 0.339 e. The van der Waals surface area contributed by atoms with Gasteiger partial charge in [0.05, 0.1) is 43.5 Å². The van der Waals surface area contributed by atoms with Crippen LogP contribution in [0.25, 0.3) is 0 Å². The molecule has 0 radical (unpaired) electrons. The van der Waals surface area contributed by atoms with Gasteiger partial charge < -0.3 is 9.47 Å². The highest BCUT2D eigenvalue weighted by Crippen LogP contribution is 2.39. The SMILES string of the molecule is COC(=O)c1ccccc1N1C(=O)[C@H]2[C@@H](ON3CCOC[C@@H]23)C1=O.